The number of carbonyl (C=O) groups is 1. The van der Waals surface area contributed by atoms with Crippen LogP contribution < -0.4 is 5.32 Å². The molecule has 2 rings (SSSR count). The summed E-state index contributed by atoms with van der Waals surface area (Å²) >= 11 is 0. The number of rotatable bonds is 3. The molecule has 1 aliphatic rings. The molecule has 0 aliphatic heterocycles. The van der Waals surface area contributed by atoms with Gasteiger partial charge < -0.3 is 5.32 Å². The molecule has 1 aliphatic carbocycles. The zero-order chi connectivity index (χ0) is 10.2. The van der Waals surface area contributed by atoms with E-state index >= 15 is 0 Å². The van der Waals surface area contributed by atoms with Crippen LogP contribution in [0.15, 0.2) is 18.2 Å². The van der Waals surface area contributed by atoms with Gasteiger partial charge in [0, 0.05) is 0 Å². The van der Waals surface area contributed by atoms with Gasteiger partial charge in [0.1, 0.15) is 5.82 Å². The van der Waals surface area contributed by atoms with Crippen molar-refractivity contribution >= 4 is 6.41 Å². The molecule has 1 N–H and O–H groups in total. The quantitative estimate of drug-likeness (QED) is 0.729. The second-order valence-electron chi connectivity index (χ2n) is 3.80. The maximum absolute atomic E-state index is 12.9. The van der Waals surface area contributed by atoms with E-state index in [9.17, 15) is 9.18 Å². The van der Waals surface area contributed by atoms with E-state index in [-0.39, 0.29) is 11.4 Å². The Morgan fingerprint density at radius 1 is 1.50 bits per heavy atom. The van der Waals surface area contributed by atoms with Crippen LogP contribution in [0.25, 0.3) is 0 Å². The lowest BCUT2D eigenvalue weighted by Gasteiger charge is -2.17. The molecule has 1 fully saturated rings. The van der Waals surface area contributed by atoms with Crippen LogP contribution in [0.5, 0.6) is 0 Å². The van der Waals surface area contributed by atoms with Gasteiger partial charge in [-0.05, 0) is 43.0 Å². The van der Waals surface area contributed by atoms with Crippen LogP contribution in [0.3, 0.4) is 0 Å². The first-order chi connectivity index (χ1) is 6.68. The fourth-order valence-electron chi connectivity index (χ4n) is 1.89. The average Bonchev–Trinajstić information content (AvgIpc) is 2.86. The SMILES string of the molecule is Cc1cc(F)ccc1C1(NC=O)CC1. The lowest BCUT2D eigenvalue weighted by Crippen LogP contribution is -2.28. The standard InChI is InChI=1S/C11H12FNO/c1-8-6-9(12)2-3-10(8)11(4-5-11)13-7-14/h2-3,6-7H,4-5H2,1H3,(H,13,14). The number of amides is 1. The van der Waals surface area contributed by atoms with E-state index in [1.165, 1.54) is 12.1 Å². The fraction of sp³-hybridized carbons (Fsp3) is 0.364. The lowest BCUT2D eigenvalue weighted by molar-refractivity contribution is -0.110. The Labute approximate surface area is 82.1 Å². The molecule has 74 valence electrons. The highest BCUT2D eigenvalue weighted by atomic mass is 19.1. The maximum atomic E-state index is 12.9. The van der Waals surface area contributed by atoms with E-state index in [4.69, 9.17) is 0 Å². The van der Waals surface area contributed by atoms with Crippen LogP contribution in [0.1, 0.15) is 24.0 Å². The Hall–Kier alpha value is -1.38. The monoisotopic (exact) mass is 193 g/mol. The van der Waals surface area contributed by atoms with Gasteiger partial charge >= 0.3 is 0 Å². The molecule has 1 amide bonds. The Kier molecular flexibility index (Phi) is 2.02. The molecule has 14 heavy (non-hydrogen) atoms. The highest BCUT2D eigenvalue weighted by molar-refractivity contribution is 5.52. The van der Waals surface area contributed by atoms with Gasteiger partial charge in [-0.15, -0.1) is 0 Å². The molecule has 1 aromatic rings. The summed E-state index contributed by atoms with van der Waals surface area (Å²) < 4.78 is 12.9. The van der Waals surface area contributed by atoms with Crippen molar-refractivity contribution in [3.63, 3.8) is 0 Å². The molecule has 0 atom stereocenters. The van der Waals surface area contributed by atoms with Gasteiger partial charge in [-0.2, -0.15) is 0 Å². The van der Waals surface area contributed by atoms with Crippen molar-refractivity contribution in [2.45, 2.75) is 25.3 Å². The van der Waals surface area contributed by atoms with E-state index in [2.05, 4.69) is 5.32 Å². The van der Waals surface area contributed by atoms with E-state index in [1.807, 2.05) is 6.92 Å². The first-order valence-corrected chi connectivity index (χ1v) is 4.66. The molecule has 2 nitrogen and oxygen atoms in total. The molecule has 1 saturated carbocycles. The van der Waals surface area contributed by atoms with Gasteiger partial charge in [0.2, 0.25) is 6.41 Å². The second kappa shape index (κ2) is 3.08. The Bertz CT molecular complexity index is 372. The zero-order valence-corrected chi connectivity index (χ0v) is 8.01. The van der Waals surface area contributed by atoms with Gasteiger partial charge in [-0.1, -0.05) is 6.07 Å². The van der Waals surface area contributed by atoms with Gasteiger partial charge in [-0.3, -0.25) is 4.79 Å². The molecule has 0 spiro atoms. The van der Waals surface area contributed by atoms with Gasteiger partial charge in [-0.25, -0.2) is 4.39 Å². The van der Waals surface area contributed by atoms with E-state index < -0.39 is 0 Å². The largest absolute Gasteiger partial charge is 0.349 e. The first-order valence-electron chi connectivity index (χ1n) is 4.66. The molecule has 0 heterocycles. The van der Waals surface area contributed by atoms with Crippen molar-refractivity contribution in [1.29, 1.82) is 0 Å². The average molecular weight is 193 g/mol. The van der Waals surface area contributed by atoms with Crippen molar-refractivity contribution in [3.05, 3.63) is 35.1 Å². The molecule has 0 aromatic heterocycles. The third-order valence-electron chi connectivity index (χ3n) is 2.79. The minimum atomic E-state index is -0.229. The minimum Gasteiger partial charge on any atom is -0.349 e. The molecule has 0 bridgehead atoms. The summed E-state index contributed by atoms with van der Waals surface area (Å²) in [6.07, 6.45) is 2.60. The van der Waals surface area contributed by atoms with Crippen LogP contribution in [-0.4, -0.2) is 6.41 Å². The van der Waals surface area contributed by atoms with Crippen LogP contribution in [0.4, 0.5) is 4.39 Å². The van der Waals surface area contributed by atoms with Gasteiger partial charge in [0.25, 0.3) is 0 Å². The summed E-state index contributed by atoms with van der Waals surface area (Å²) in [7, 11) is 0. The maximum Gasteiger partial charge on any atom is 0.207 e. The predicted molar refractivity (Wildman–Crippen MR) is 51.2 cm³/mol. The van der Waals surface area contributed by atoms with Crippen LogP contribution >= 0.6 is 0 Å². The van der Waals surface area contributed by atoms with Crippen molar-refractivity contribution in [3.8, 4) is 0 Å². The van der Waals surface area contributed by atoms with E-state index in [1.54, 1.807) is 6.07 Å². The Balaban J connectivity index is 2.36. The van der Waals surface area contributed by atoms with Crippen molar-refractivity contribution < 1.29 is 9.18 Å². The van der Waals surface area contributed by atoms with Crippen molar-refractivity contribution in [2.24, 2.45) is 0 Å². The summed E-state index contributed by atoms with van der Waals surface area (Å²) in [6.45, 7) is 1.87. The van der Waals surface area contributed by atoms with Crippen molar-refractivity contribution in [2.75, 3.05) is 0 Å². The predicted octanol–water partition coefficient (Wildman–Crippen LogP) is 1.87. The molecule has 0 unspecified atom stereocenters. The smallest absolute Gasteiger partial charge is 0.207 e. The number of halogens is 1. The summed E-state index contributed by atoms with van der Waals surface area (Å²) in [5, 5.41) is 2.81. The summed E-state index contributed by atoms with van der Waals surface area (Å²) in [6, 6.07) is 4.70. The highest BCUT2D eigenvalue weighted by Crippen LogP contribution is 2.46. The highest BCUT2D eigenvalue weighted by Gasteiger charge is 2.44. The zero-order valence-electron chi connectivity index (χ0n) is 8.01. The third-order valence-corrected chi connectivity index (χ3v) is 2.79. The molecule has 0 radical (unpaired) electrons. The number of carbonyl (C=O) groups excluding carboxylic acids is 1. The Morgan fingerprint density at radius 2 is 2.21 bits per heavy atom. The van der Waals surface area contributed by atoms with E-state index in [0.717, 1.165) is 30.4 Å². The summed E-state index contributed by atoms with van der Waals surface area (Å²) in [5.74, 6) is -0.229. The fourth-order valence-corrected chi connectivity index (χ4v) is 1.89. The van der Waals surface area contributed by atoms with Crippen LogP contribution in [0, 0.1) is 12.7 Å². The molecular formula is C11H12FNO. The second-order valence-corrected chi connectivity index (χ2v) is 3.80. The molecular weight excluding hydrogens is 181 g/mol. The minimum absolute atomic E-state index is 0.209. The van der Waals surface area contributed by atoms with E-state index in [0.29, 0.717) is 0 Å². The summed E-state index contributed by atoms with van der Waals surface area (Å²) in [4.78, 5) is 10.4. The van der Waals surface area contributed by atoms with Gasteiger partial charge in [0.05, 0.1) is 5.54 Å². The van der Waals surface area contributed by atoms with Crippen LogP contribution in [0.2, 0.25) is 0 Å². The lowest BCUT2D eigenvalue weighted by atomic mass is 9.99. The van der Waals surface area contributed by atoms with Crippen LogP contribution in [-0.2, 0) is 10.3 Å². The Morgan fingerprint density at radius 3 is 2.71 bits per heavy atom. The molecule has 1 aromatic carbocycles. The summed E-state index contributed by atoms with van der Waals surface area (Å²) in [5.41, 5.74) is 1.72. The molecule has 3 heteroatoms. The topological polar surface area (TPSA) is 29.1 Å². The normalized spacial score (nSPS) is 17.6. The number of nitrogens with one attached hydrogen (secondary N) is 1. The third kappa shape index (κ3) is 1.39. The number of benzene rings is 1. The number of hydrogen-bond acceptors (Lipinski definition) is 1. The van der Waals surface area contributed by atoms with Gasteiger partial charge in [0.15, 0.2) is 0 Å². The number of hydrogen-bond donors (Lipinski definition) is 1. The first kappa shape index (κ1) is 9.19. The molecule has 0 saturated heterocycles. The van der Waals surface area contributed by atoms with Crippen molar-refractivity contribution in [1.82, 2.24) is 5.32 Å². The number of aryl methyl sites for hydroxylation is 1.